The number of ketones is 1. The Morgan fingerprint density at radius 1 is 0.816 bits per heavy atom. The lowest BCUT2D eigenvalue weighted by atomic mass is 10.0. The first-order valence-electron chi connectivity index (χ1n) is 12.8. The van der Waals surface area contributed by atoms with Gasteiger partial charge in [-0.25, -0.2) is 0 Å². The van der Waals surface area contributed by atoms with Crippen LogP contribution in [0.4, 0.5) is 11.4 Å². The number of hydrogen-bond acceptors (Lipinski definition) is 3. The Hall–Kier alpha value is -4.83. The Labute approximate surface area is 221 Å². The van der Waals surface area contributed by atoms with E-state index in [2.05, 4.69) is 52.8 Å². The van der Waals surface area contributed by atoms with E-state index in [0.29, 0.717) is 23.5 Å². The van der Waals surface area contributed by atoms with Gasteiger partial charge in [0.15, 0.2) is 5.78 Å². The quantitative estimate of drug-likeness (QED) is 0.210. The topological polar surface area (TPSA) is 54.1 Å². The SMILES string of the molecule is Cc1ccc(C(=O)c2ccccc2Nc2[c]c(OCCc3cccc4c3[nH]c3ccccc34)ccc2)cc1. The van der Waals surface area contributed by atoms with Gasteiger partial charge in [-0.05, 0) is 42.8 Å². The fraction of sp³-hybridized carbons (Fsp3) is 0.0882. The van der Waals surface area contributed by atoms with E-state index in [0.717, 1.165) is 34.4 Å². The Balaban J connectivity index is 1.16. The first-order chi connectivity index (χ1) is 18.7. The highest BCUT2D eigenvalue weighted by molar-refractivity contribution is 6.12. The molecule has 0 saturated heterocycles. The highest BCUT2D eigenvalue weighted by Crippen LogP contribution is 2.29. The Kier molecular flexibility index (Phi) is 6.37. The molecule has 1 radical (unpaired) electrons. The average Bonchev–Trinajstić information content (AvgIpc) is 3.33. The minimum Gasteiger partial charge on any atom is -0.493 e. The van der Waals surface area contributed by atoms with E-state index in [1.165, 1.54) is 16.3 Å². The number of benzene rings is 5. The van der Waals surface area contributed by atoms with Crippen molar-refractivity contribution >= 4 is 39.0 Å². The van der Waals surface area contributed by atoms with Gasteiger partial charge in [0, 0.05) is 45.0 Å². The van der Waals surface area contributed by atoms with Crippen LogP contribution in [0, 0.1) is 13.0 Å². The maximum atomic E-state index is 13.2. The van der Waals surface area contributed by atoms with Crippen LogP contribution in [0.1, 0.15) is 27.0 Å². The number of nitrogens with one attached hydrogen (secondary N) is 2. The van der Waals surface area contributed by atoms with Crippen LogP contribution < -0.4 is 10.1 Å². The lowest BCUT2D eigenvalue weighted by Crippen LogP contribution is -2.06. The number of ether oxygens (including phenoxy) is 1. The molecule has 0 saturated carbocycles. The second-order valence-electron chi connectivity index (χ2n) is 9.40. The zero-order valence-corrected chi connectivity index (χ0v) is 21.1. The summed E-state index contributed by atoms with van der Waals surface area (Å²) in [4.78, 5) is 16.7. The minimum absolute atomic E-state index is 0.0216. The van der Waals surface area contributed by atoms with Gasteiger partial charge in [0.25, 0.3) is 0 Å². The lowest BCUT2D eigenvalue weighted by molar-refractivity contribution is 0.103. The molecule has 0 aliphatic rings. The van der Waals surface area contributed by atoms with Crippen LogP contribution in [-0.2, 0) is 6.42 Å². The van der Waals surface area contributed by atoms with Crippen molar-refractivity contribution in [2.45, 2.75) is 13.3 Å². The predicted molar refractivity (Wildman–Crippen MR) is 155 cm³/mol. The standard InChI is InChI=1S/C34H27N2O2/c1-23-16-18-25(19-17-23)34(37)30-12-3-5-15-32(30)35-26-9-7-10-27(22-26)38-21-20-24-8-6-13-29-28-11-2-4-14-31(28)36-33(24)29/h2-19,35-36H,20-21H2,1H3. The number of anilines is 2. The van der Waals surface area contributed by atoms with Gasteiger partial charge in [-0.2, -0.15) is 0 Å². The summed E-state index contributed by atoms with van der Waals surface area (Å²) < 4.78 is 6.09. The van der Waals surface area contributed by atoms with Crippen LogP contribution >= 0.6 is 0 Å². The monoisotopic (exact) mass is 495 g/mol. The number of aryl methyl sites for hydroxylation is 1. The molecule has 2 N–H and O–H groups in total. The zero-order chi connectivity index (χ0) is 25.9. The van der Waals surface area contributed by atoms with E-state index in [4.69, 9.17) is 4.74 Å². The number of H-pyrrole nitrogens is 1. The maximum Gasteiger partial charge on any atom is 0.195 e. The van der Waals surface area contributed by atoms with Crippen molar-refractivity contribution in [1.82, 2.24) is 4.98 Å². The van der Waals surface area contributed by atoms with E-state index >= 15 is 0 Å². The van der Waals surface area contributed by atoms with Gasteiger partial charge in [0.2, 0.25) is 0 Å². The largest absolute Gasteiger partial charge is 0.493 e. The molecular formula is C34H27N2O2. The molecule has 0 unspecified atom stereocenters. The van der Waals surface area contributed by atoms with Gasteiger partial charge in [-0.3, -0.25) is 4.79 Å². The molecule has 0 spiro atoms. The molecule has 185 valence electrons. The molecule has 0 amide bonds. The highest BCUT2D eigenvalue weighted by Gasteiger charge is 2.14. The molecule has 38 heavy (non-hydrogen) atoms. The molecule has 1 heterocycles. The molecule has 4 heteroatoms. The molecule has 6 aromatic rings. The number of aromatic nitrogens is 1. The van der Waals surface area contributed by atoms with Crippen LogP contribution in [-0.4, -0.2) is 17.4 Å². The summed E-state index contributed by atoms with van der Waals surface area (Å²) >= 11 is 0. The smallest absolute Gasteiger partial charge is 0.195 e. The van der Waals surface area contributed by atoms with Crippen LogP contribution in [0.25, 0.3) is 21.8 Å². The normalized spacial score (nSPS) is 11.1. The van der Waals surface area contributed by atoms with Crippen molar-refractivity contribution in [1.29, 1.82) is 0 Å². The fourth-order valence-corrected chi connectivity index (χ4v) is 4.81. The average molecular weight is 496 g/mol. The van der Waals surface area contributed by atoms with Gasteiger partial charge in [0.05, 0.1) is 18.4 Å². The number of rotatable bonds is 8. The van der Waals surface area contributed by atoms with Crippen LogP contribution in [0.2, 0.25) is 0 Å². The van der Waals surface area contributed by atoms with Gasteiger partial charge < -0.3 is 15.0 Å². The minimum atomic E-state index is -0.0216. The Morgan fingerprint density at radius 2 is 1.58 bits per heavy atom. The summed E-state index contributed by atoms with van der Waals surface area (Å²) in [7, 11) is 0. The third-order valence-electron chi connectivity index (χ3n) is 6.78. The molecule has 6 rings (SSSR count). The predicted octanol–water partition coefficient (Wildman–Crippen LogP) is 8.03. The Bertz CT molecular complexity index is 1750. The van der Waals surface area contributed by atoms with E-state index in [-0.39, 0.29) is 5.78 Å². The lowest BCUT2D eigenvalue weighted by Gasteiger charge is -2.13. The molecule has 1 aromatic heterocycles. The molecule has 0 atom stereocenters. The first-order valence-corrected chi connectivity index (χ1v) is 12.8. The molecule has 4 nitrogen and oxygen atoms in total. The van der Waals surface area contributed by atoms with Crippen molar-refractivity contribution in [2.75, 3.05) is 11.9 Å². The van der Waals surface area contributed by atoms with Crippen molar-refractivity contribution in [3.8, 4) is 5.75 Å². The van der Waals surface area contributed by atoms with Crippen molar-refractivity contribution in [3.05, 3.63) is 138 Å². The van der Waals surface area contributed by atoms with Crippen molar-refractivity contribution in [2.24, 2.45) is 0 Å². The third-order valence-corrected chi connectivity index (χ3v) is 6.78. The number of carbonyl (C=O) groups is 1. The first kappa shape index (κ1) is 23.6. The number of hydrogen-bond donors (Lipinski definition) is 2. The number of fused-ring (bicyclic) bond motifs is 3. The maximum absolute atomic E-state index is 13.2. The molecule has 0 aliphatic heterocycles. The molecule has 5 aromatic carbocycles. The van der Waals surface area contributed by atoms with Crippen molar-refractivity contribution < 1.29 is 9.53 Å². The Morgan fingerprint density at radius 3 is 2.47 bits per heavy atom. The summed E-state index contributed by atoms with van der Waals surface area (Å²) in [6.45, 7) is 2.54. The van der Waals surface area contributed by atoms with Gasteiger partial charge in [-0.1, -0.05) is 84.4 Å². The fourth-order valence-electron chi connectivity index (χ4n) is 4.81. The van der Waals surface area contributed by atoms with E-state index in [9.17, 15) is 4.79 Å². The number of aromatic amines is 1. The summed E-state index contributed by atoms with van der Waals surface area (Å²) in [5.41, 5.74) is 7.39. The van der Waals surface area contributed by atoms with Crippen LogP contribution in [0.5, 0.6) is 5.75 Å². The second-order valence-corrected chi connectivity index (χ2v) is 9.40. The summed E-state index contributed by atoms with van der Waals surface area (Å²) in [5.74, 6) is 0.632. The van der Waals surface area contributed by atoms with E-state index in [1.807, 2.05) is 79.7 Å². The van der Waals surface area contributed by atoms with E-state index in [1.54, 1.807) is 0 Å². The van der Waals surface area contributed by atoms with Crippen LogP contribution in [0.15, 0.2) is 109 Å². The van der Waals surface area contributed by atoms with Gasteiger partial charge in [0.1, 0.15) is 5.75 Å². The number of carbonyl (C=O) groups excluding carboxylic acids is 1. The highest BCUT2D eigenvalue weighted by atomic mass is 16.5. The molecule has 0 bridgehead atoms. The number of para-hydroxylation sites is 3. The van der Waals surface area contributed by atoms with Crippen molar-refractivity contribution in [3.63, 3.8) is 0 Å². The summed E-state index contributed by atoms with van der Waals surface area (Å²) in [6.07, 6.45) is 0.767. The van der Waals surface area contributed by atoms with Crippen LogP contribution in [0.3, 0.4) is 0 Å². The zero-order valence-electron chi connectivity index (χ0n) is 21.1. The van der Waals surface area contributed by atoms with E-state index < -0.39 is 0 Å². The van der Waals surface area contributed by atoms with Gasteiger partial charge >= 0.3 is 0 Å². The second kappa shape index (κ2) is 10.3. The molecule has 0 fully saturated rings. The third kappa shape index (κ3) is 4.76. The summed E-state index contributed by atoms with van der Waals surface area (Å²) in [6, 6.07) is 39.0. The summed E-state index contributed by atoms with van der Waals surface area (Å²) in [5, 5.41) is 5.83. The molecular weight excluding hydrogens is 468 g/mol. The van der Waals surface area contributed by atoms with Gasteiger partial charge in [-0.15, -0.1) is 0 Å². The molecule has 0 aliphatic carbocycles.